The summed E-state index contributed by atoms with van der Waals surface area (Å²) in [6.45, 7) is 2.82. The van der Waals surface area contributed by atoms with Crippen molar-refractivity contribution in [1.82, 2.24) is 9.62 Å². The third kappa shape index (κ3) is 3.06. The number of hydrogen-bond donors (Lipinski definition) is 1. The van der Waals surface area contributed by atoms with E-state index in [1.165, 1.54) is 10.4 Å². The Morgan fingerprint density at radius 3 is 2.72 bits per heavy atom. The van der Waals surface area contributed by atoms with Crippen molar-refractivity contribution in [2.75, 3.05) is 20.1 Å². The van der Waals surface area contributed by atoms with Crippen LogP contribution in [0.25, 0.3) is 0 Å². The van der Waals surface area contributed by atoms with Crippen LogP contribution in [0.5, 0.6) is 0 Å². The van der Waals surface area contributed by atoms with Crippen molar-refractivity contribution < 1.29 is 12.8 Å². The second-order valence-corrected chi connectivity index (χ2v) is 6.22. The number of likely N-dealkylation sites (N-methyl/N-ethyl adjacent to an activating group) is 1. The molecule has 0 spiro atoms. The zero-order chi connectivity index (χ0) is 12.5. The third-order valence-corrected chi connectivity index (χ3v) is 4.84. The lowest BCUT2D eigenvalue weighted by atomic mass is 10.1. The van der Waals surface area contributed by atoms with E-state index in [1.807, 2.05) is 7.05 Å². The fourth-order valence-electron chi connectivity index (χ4n) is 2.07. The van der Waals surface area contributed by atoms with Crippen LogP contribution in [0.3, 0.4) is 0 Å². The van der Waals surface area contributed by atoms with Crippen LogP contribution in [-0.4, -0.2) is 38.9 Å². The third-order valence-electron chi connectivity index (χ3n) is 3.10. The standard InChI is InChI=1S/C11H18N2O3S.ClH/c1-9-5-6-11(16-9)17(14,15)13-7-3-4-10(8-13)12-2;/h5-6,10,12H,3-4,7-8H2,1-2H3;1H. The van der Waals surface area contributed by atoms with Gasteiger partial charge in [0.25, 0.3) is 10.0 Å². The Labute approximate surface area is 114 Å². The van der Waals surface area contributed by atoms with Gasteiger partial charge in [0.2, 0.25) is 5.09 Å². The van der Waals surface area contributed by atoms with Crippen molar-refractivity contribution in [2.24, 2.45) is 0 Å². The van der Waals surface area contributed by atoms with Crippen LogP contribution in [-0.2, 0) is 10.0 Å². The number of sulfonamides is 1. The van der Waals surface area contributed by atoms with Gasteiger partial charge in [-0.05, 0) is 38.9 Å². The lowest BCUT2D eigenvalue weighted by molar-refractivity contribution is 0.285. The molecule has 0 aromatic carbocycles. The number of nitrogens with zero attached hydrogens (tertiary/aromatic N) is 1. The molecule has 7 heteroatoms. The van der Waals surface area contributed by atoms with Gasteiger partial charge >= 0.3 is 0 Å². The SMILES string of the molecule is CNC1CCCN(S(=O)(=O)c2ccc(C)o2)C1.Cl. The molecule has 1 N–H and O–H groups in total. The first-order valence-corrected chi connectivity index (χ1v) is 7.22. The highest BCUT2D eigenvalue weighted by Crippen LogP contribution is 2.22. The zero-order valence-electron chi connectivity index (χ0n) is 10.5. The van der Waals surface area contributed by atoms with Crippen molar-refractivity contribution in [1.29, 1.82) is 0 Å². The van der Waals surface area contributed by atoms with Gasteiger partial charge < -0.3 is 9.73 Å². The number of rotatable bonds is 3. The van der Waals surface area contributed by atoms with Gasteiger partial charge in [0.15, 0.2) is 0 Å². The fourth-order valence-corrected chi connectivity index (χ4v) is 3.55. The summed E-state index contributed by atoms with van der Waals surface area (Å²) >= 11 is 0. The Bertz CT molecular complexity index is 486. The van der Waals surface area contributed by atoms with E-state index in [-0.39, 0.29) is 23.5 Å². The molecule has 0 aliphatic carbocycles. The van der Waals surface area contributed by atoms with Crippen LogP contribution >= 0.6 is 12.4 Å². The molecule has 0 radical (unpaired) electrons. The minimum absolute atomic E-state index is 0. The van der Waals surface area contributed by atoms with E-state index >= 15 is 0 Å². The number of furan rings is 1. The van der Waals surface area contributed by atoms with Crippen LogP contribution in [0.15, 0.2) is 21.6 Å². The molecule has 1 saturated heterocycles. The van der Waals surface area contributed by atoms with E-state index in [0.29, 0.717) is 18.8 Å². The molecule has 2 heterocycles. The minimum Gasteiger partial charge on any atom is -0.449 e. The van der Waals surface area contributed by atoms with Gasteiger partial charge in [-0.15, -0.1) is 12.4 Å². The molecule has 1 unspecified atom stereocenters. The van der Waals surface area contributed by atoms with Crippen molar-refractivity contribution >= 4 is 22.4 Å². The quantitative estimate of drug-likeness (QED) is 0.915. The predicted octanol–water partition coefficient (Wildman–Crippen LogP) is 1.38. The summed E-state index contributed by atoms with van der Waals surface area (Å²) in [5.41, 5.74) is 0. The van der Waals surface area contributed by atoms with Gasteiger partial charge in [0.1, 0.15) is 5.76 Å². The van der Waals surface area contributed by atoms with Gasteiger partial charge in [0.05, 0.1) is 0 Å². The summed E-state index contributed by atoms with van der Waals surface area (Å²) in [5, 5.41) is 3.17. The molecule has 1 aliphatic heterocycles. The molecular weight excluding hydrogens is 276 g/mol. The Morgan fingerprint density at radius 2 is 2.17 bits per heavy atom. The zero-order valence-corrected chi connectivity index (χ0v) is 12.2. The maximum absolute atomic E-state index is 12.3. The summed E-state index contributed by atoms with van der Waals surface area (Å²) in [7, 11) is -1.60. The Morgan fingerprint density at radius 1 is 1.44 bits per heavy atom. The molecule has 0 bridgehead atoms. The van der Waals surface area contributed by atoms with Gasteiger partial charge in [-0.2, -0.15) is 4.31 Å². The average molecular weight is 295 g/mol. The molecule has 1 aromatic heterocycles. The molecule has 18 heavy (non-hydrogen) atoms. The van der Waals surface area contributed by atoms with Crippen molar-refractivity contribution in [3.05, 3.63) is 17.9 Å². The Hall–Kier alpha value is -0.560. The number of halogens is 1. The lowest BCUT2D eigenvalue weighted by Gasteiger charge is -2.30. The largest absolute Gasteiger partial charge is 0.449 e. The number of piperidine rings is 1. The normalized spacial score (nSPS) is 21.6. The van der Waals surface area contributed by atoms with E-state index in [1.54, 1.807) is 13.0 Å². The maximum Gasteiger partial charge on any atom is 0.276 e. The van der Waals surface area contributed by atoms with Crippen LogP contribution < -0.4 is 5.32 Å². The smallest absolute Gasteiger partial charge is 0.276 e. The topological polar surface area (TPSA) is 62.6 Å². The first kappa shape index (κ1) is 15.5. The summed E-state index contributed by atoms with van der Waals surface area (Å²) in [4.78, 5) is 0. The second kappa shape index (κ2) is 6.06. The molecule has 1 fully saturated rings. The van der Waals surface area contributed by atoms with E-state index < -0.39 is 10.0 Å². The summed E-state index contributed by atoms with van der Waals surface area (Å²) in [5.74, 6) is 0.616. The molecule has 5 nitrogen and oxygen atoms in total. The summed E-state index contributed by atoms with van der Waals surface area (Å²) in [6.07, 6.45) is 1.89. The van der Waals surface area contributed by atoms with Crippen LogP contribution in [0.2, 0.25) is 0 Å². The Kier molecular flexibility index (Phi) is 5.21. The molecule has 0 amide bonds. The van der Waals surface area contributed by atoms with Gasteiger partial charge in [-0.1, -0.05) is 0 Å². The van der Waals surface area contributed by atoms with E-state index in [4.69, 9.17) is 4.42 Å². The molecule has 104 valence electrons. The van der Waals surface area contributed by atoms with Crippen molar-refractivity contribution in [3.8, 4) is 0 Å². The minimum atomic E-state index is -3.46. The maximum atomic E-state index is 12.3. The molecule has 1 aliphatic rings. The highest BCUT2D eigenvalue weighted by atomic mass is 35.5. The first-order valence-electron chi connectivity index (χ1n) is 5.78. The van der Waals surface area contributed by atoms with E-state index in [9.17, 15) is 8.42 Å². The summed E-state index contributed by atoms with van der Waals surface area (Å²) < 4.78 is 31.2. The van der Waals surface area contributed by atoms with Gasteiger partial charge in [-0.25, -0.2) is 8.42 Å². The van der Waals surface area contributed by atoms with Crippen molar-refractivity contribution in [3.63, 3.8) is 0 Å². The Balaban J connectivity index is 0.00000162. The van der Waals surface area contributed by atoms with Gasteiger partial charge in [-0.3, -0.25) is 0 Å². The number of hydrogen-bond acceptors (Lipinski definition) is 4. The van der Waals surface area contributed by atoms with E-state index in [0.717, 1.165) is 12.8 Å². The molecule has 0 saturated carbocycles. The highest BCUT2D eigenvalue weighted by Gasteiger charge is 2.31. The first-order chi connectivity index (χ1) is 8.04. The molecule has 2 rings (SSSR count). The predicted molar refractivity (Wildman–Crippen MR) is 71.5 cm³/mol. The molecule has 1 atom stereocenters. The highest BCUT2D eigenvalue weighted by molar-refractivity contribution is 7.89. The number of aryl methyl sites for hydroxylation is 1. The molecule has 1 aromatic rings. The monoisotopic (exact) mass is 294 g/mol. The number of nitrogens with one attached hydrogen (secondary N) is 1. The summed E-state index contributed by atoms with van der Waals surface area (Å²) in [6, 6.07) is 3.43. The second-order valence-electron chi connectivity index (χ2n) is 4.36. The fraction of sp³-hybridized carbons (Fsp3) is 0.636. The van der Waals surface area contributed by atoms with Crippen LogP contribution in [0.1, 0.15) is 18.6 Å². The van der Waals surface area contributed by atoms with Crippen molar-refractivity contribution in [2.45, 2.75) is 30.9 Å². The van der Waals surface area contributed by atoms with E-state index in [2.05, 4.69) is 5.32 Å². The lowest BCUT2D eigenvalue weighted by Crippen LogP contribution is -2.46. The van der Waals surface area contributed by atoms with Gasteiger partial charge in [0, 0.05) is 19.1 Å². The van der Waals surface area contributed by atoms with Crippen LogP contribution in [0.4, 0.5) is 0 Å². The van der Waals surface area contributed by atoms with Crippen LogP contribution in [0, 0.1) is 6.92 Å². The molecular formula is C11H19ClN2O3S. The average Bonchev–Trinajstić information content (AvgIpc) is 2.76.